The molecule has 2 heteroatoms. The standard InChI is InChI=1S/C59H82OSi/c1-36-24-22-23-25-45(39-29-41(55(4,5)6)33-42(30-39)56(7,8)9)46-27-37(2)53(48(46)26-36)61(20,21)54-38(3)28-47-49(54)35-50(59(16,17)18)52(60-19)51(47)40-31-43(57(10,11)12)34-44(32-40)58(13,14)15/h26-35,53-54H,1,22-25H2,2-21H3/b46-45+,48-26+. The van der Waals surface area contributed by atoms with Crippen molar-refractivity contribution >= 4 is 19.7 Å². The van der Waals surface area contributed by atoms with E-state index < -0.39 is 8.07 Å². The van der Waals surface area contributed by atoms with Gasteiger partial charge in [0.15, 0.2) is 0 Å². The van der Waals surface area contributed by atoms with Gasteiger partial charge in [-0.25, -0.2) is 0 Å². The summed E-state index contributed by atoms with van der Waals surface area (Å²) < 4.78 is 6.59. The first-order valence-corrected chi connectivity index (χ1v) is 26.6. The summed E-state index contributed by atoms with van der Waals surface area (Å²) in [5, 5.41) is 0. The SMILES string of the molecule is C=C1/C=C2\C(=C(\c3cc(C(C)(C)C)cc(C(C)(C)C)c3)CCCC1)C=C(C)C2[Si](C)(C)C1C(C)=Cc2c1cc(C(C)(C)C)c(OC)c2-c1cc(C(C)(C)C)cc(C(C)(C)C)c1. The van der Waals surface area contributed by atoms with Crippen molar-refractivity contribution in [2.45, 2.75) is 195 Å². The second-order valence-corrected chi connectivity index (χ2v) is 29.8. The van der Waals surface area contributed by atoms with E-state index in [1.807, 2.05) is 7.11 Å². The zero-order valence-electron chi connectivity index (χ0n) is 42.4. The second kappa shape index (κ2) is 15.9. The van der Waals surface area contributed by atoms with Gasteiger partial charge in [-0.3, -0.25) is 0 Å². The van der Waals surface area contributed by atoms with E-state index in [4.69, 9.17) is 11.3 Å². The van der Waals surface area contributed by atoms with Crippen LogP contribution in [0.25, 0.3) is 22.8 Å². The normalized spacial score (nSPS) is 21.5. The van der Waals surface area contributed by atoms with Gasteiger partial charge in [-0.1, -0.05) is 201 Å². The van der Waals surface area contributed by atoms with E-state index in [1.165, 1.54) is 102 Å². The predicted molar refractivity (Wildman–Crippen MR) is 272 cm³/mol. The van der Waals surface area contributed by atoms with Crippen LogP contribution < -0.4 is 4.74 Å². The number of ether oxygens (including phenoxy) is 1. The molecule has 2 atom stereocenters. The summed E-state index contributed by atoms with van der Waals surface area (Å²) in [6, 6.07) is 17.5. The zero-order chi connectivity index (χ0) is 45.6. The van der Waals surface area contributed by atoms with E-state index in [1.54, 1.807) is 0 Å². The summed E-state index contributed by atoms with van der Waals surface area (Å²) in [6.45, 7) is 50.3. The quantitative estimate of drug-likeness (QED) is 0.233. The highest BCUT2D eigenvalue weighted by atomic mass is 28.3. The minimum absolute atomic E-state index is 0.00421. The van der Waals surface area contributed by atoms with Crippen molar-refractivity contribution in [2.75, 3.05) is 7.11 Å². The first kappa shape index (κ1) is 46.9. The smallest absolute Gasteiger partial charge is 0.131 e. The molecule has 2 unspecified atom stereocenters. The highest BCUT2D eigenvalue weighted by Gasteiger charge is 2.49. The molecule has 0 aliphatic heterocycles. The number of allylic oxidation sites excluding steroid dienone is 8. The van der Waals surface area contributed by atoms with Gasteiger partial charge in [-0.15, -0.1) is 0 Å². The molecule has 0 N–H and O–H groups in total. The van der Waals surface area contributed by atoms with Crippen LogP contribution in [0.4, 0.5) is 0 Å². The van der Waals surface area contributed by atoms with Crippen LogP contribution in [0.5, 0.6) is 5.75 Å². The lowest BCUT2D eigenvalue weighted by molar-refractivity contribution is 0.399. The molecule has 328 valence electrons. The van der Waals surface area contributed by atoms with E-state index in [0.29, 0.717) is 11.1 Å². The molecule has 0 amide bonds. The van der Waals surface area contributed by atoms with Gasteiger partial charge in [-0.05, 0) is 128 Å². The molecule has 0 bridgehead atoms. The third-order valence-electron chi connectivity index (χ3n) is 14.3. The lowest BCUT2D eigenvalue weighted by atomic mass is 9.77. The van der Waals surface area contributed by atoms with Crippen molar-refractivity contribution in [2.24, 2.45) is 0 Å². The summed E-state index contributed by atoms with van der Waals surface area (Å²) >= 11 is 0. The number of hydrogen-bond acceptors (Lipinski definition) is 1. The van der Waals surface area contributed by atoms with Gasteiger partial charge in [0.2, 0.25) is 0 Å². The lowest BCUT2D eigenvalue weighted by Crippen LogP contribution is -2.41. The molecule has 3 aliphatic carbocycles. The molecule has 3 aliphatic rings. The fourth-order valence-electron chi connectivity index (χ4n) is 10.8. The Morgan fingerprint density at radius 1 is 0.557 bits per heavy atom. The summed E-state index contributed by atoms with van der Waals surface area (Å²) in [5.74, 6) is 1.02. The van der Waals surface area contributed by atoms with Crippen LogP contribution in [0.2, 0.25) is 18.6 Å². The molecule has 0 heterocycles. The highest BCUT2D eigenvalue weighted by Crippen LogP contribution is 2.59. The molecule has 3 aromatic rings. The Labute approximate surface area is 375 Å². The Kier molecular flexibility index (Phi) is 12.2. The van der Waals surface area contributed by atoms with Crippen molar-refractivity contribution in [3.8, 4) is 16.9 Å². The summed E-state index contributed by atoms with van der Waals surface area (Å²) in [7, 11) is -0.370. The van der Waals surface area contributed by atoms with Crippen molar-refractivity contribution in [1.82, 2.24) is 0 Å². The Morgan fingerprint density at radius 3 is 1.48 bits per heavy atom. The van der Waals surface area contributed by atoms with Crippen LogP contribution in [0, 0.1) is 0 Å². The third-order valence-corrected chi connectivity index (χ3v) is 18.8. The maximum Gasteiger partial charge on any atom is 0.131 e. The molecule has 3 aromatic carbocycles. The van der Waals surface area contributed by atoms with Gasteiger partial charge >= 0.3 is 0 Å². The van der Waals surface area contributed by atoms with Crippen LogP contribution >= 0.6 is 0 Å². The topological polar surface area (TPSA) is 9.23 Å². The average Bonchev–Trinajstić information content (AvgIpc) is 3.65. The molecule has 0 aromatic heterocycles. The Morgan fingerprint density at radius 2 is 1.02 bits per heavy atom. The van der Waals surface area contributed by atoms with Crippen LogP contribution in [-0.2, 0) is 27.1 Å². The molecule has 1 nitrogen and oxygen atoms in total. The van der Waals surface area contributed by atoms with E-state index in [0.717, 1.165) is 18.6 Å². The highest BCUT2D eigenvalue weighted by molar-refractivity contribution is 6.82. The Bertz CT molecular complexity index is 2300. The van der Waals surface area contributed by atoms with E-state index in [-0.39, 0.29) is 27.1 Å². The molecule has 0 radical (unpaired) electrons. The second-order valence-electron chi connectivity index (χ2n) is 25.0. The van der Waals surface area contributed by atoms with Crippen molar-refractivity contribution in [3.63, 3.8) is 0 Å². The molecule has 0 saturated heterocycles. The average molecular weight is 835 g/mol. The monoisotopic (exact) mass is 835 g/mol. The molecular formula is C59H82OSi. The van der Waals surface area contributed by atoms with Gasteiger partial charge in [0.25, 0.3) is 0 Å². The van der Waals surface area contributed by atoms with Crippen LogP contribution in [0.3, 0.4) is 0 Å². The fraction of sp³-hybridized carbons (Fsp3) is 0.525. The molecule has 61 heavy (non-hydrogen) atoms. The van der Waals surface area contributed by atoms with E-state index in [2.05, 4.69) is 191 Å². The van der Waals surface area contributed by atoms with Gasteiger partial charge < -0.3 is 4.74 Å². The van der Waals surface area contributed by atoms with Gasteiger partial charge in [0, 0.05) is 22.2 Å². The maximum absolute atomic E-state index is 6.59. The minimum atomic E-state index is -2.26. The predicted octanol–water partition coefficient (Wildman–Crippen LogP) is 17.4. The third kappa shape index (κ3) is 9.10. The number of benzene rings is 3. The number of fused-ring (bicyclic) bond motifs is 2. The number of rotatable bonds is 5. The molecule has 0 fully saturated rings. The summed E-state index contributed by atoms with van der Waals surface area (Å²) in [6.07, 6.45) is 12.2. The van der Waals surface area contributed by atoms with Gasteiger partial charge in [0.1, 0.15) is 5.75 Å². The Balaban J connectivity index is 1.62. The molecule has 6 rings (SSSR count). The first-order valence-electron chi connectivity index (χ1n) is 23.4. The van der Waals surface area contributed by atoms with Gasteiger partial charge in [-0.2, -0.15) is 0 Å². The van der Waals surface area contributed by atoms with Crippen molar-refractivity contribution in [1.29, 1.82) is 0 Å². The van der Waals surface area contributed by atoms with Crippen LogP contribution in [-0.4, -0.2) is 15.2 Å². The van der Waals surface area contributed by atoms with Crippen LogP contribution in [0.1, 0.15) is 193 Å². The molecule has 0 saturated carbocycles. The lowest BCUT2D eigenvalue weighted by Gasteiger charge is -2.40. The fourth-order valence-corrected chi connectivity index (χ4v) is 15.7. The summed E-state index contributed by atoms with van der Waals surface area (Å²) in [5.41, 5.74) is 23.2. The summed E-state index contributed by atoms with van der Waals surface area (Å²) in [4.78, 5) is 0. The first-order chi connectivity index (χ1) is 27.8. The molecule has 0 spiro atoms. The Hall–Kier alpha value is -3.62. The van der Waals surface area contributed by atoms with E-state index in [9.17, 15) is 0 Å². The number of methoxy groups -OCH3 is 1. The van der Waals surface area contributed by atoms with Gasteiger partial charge in [0.05, 0.1) is 15.2 Å². The zero-order valence-corrected chi connectivity index (χ0v) is 43.4. The van der Waals surface area contributed by atoms with Crippen molar-refractivity contribution < 1.29 is 4.74 Å². The van der Waals surface area contributed by atoms with Crippen molar-refractivity contribution in [3.05, 3.63) is 134 Å². The van der Waals surface area contributed by atoms with Crippen LogP contribution in [0.15, 0.2) is 89.1 Å². The molecular weight excluding hydrogens is 753 g/mol. The minimum Gasteiger partial charge on any atom is -0.496 e. The number of hydrogen-bond donors (Lipinski definition) is 0. The van der Waals surface area contributed by atoms with E-state index >= 15 is 0 Å². The maximum atomic E-state index is 6.59. The largest absolute Gasteiger partial charge is 0.496 e.